The molecule has 0 atom stereocenters. The molecule has 0 bridgehead atoms. The summed E-state index contributed by atoms with van der Waals surface area (Å²) >= 11 is 0. The lowest BCUT2D eigenvalue weighted by atomic mass is 10.1. The number of carbonyl (C=O) groups excluding carboxylic acids is 1. The molecular formula is C13H21ClFN3O3S. The van der Waals surface area contributed by atoms with E-state index in [9.17, 15) is 17.6 Å². The molecule has 0 saturated heterocycles. The van der Waals surface area contributed by atoms with Gasteiger partial charge in [0, 0.05) is 25.0 Å². The van der Waals surface area contributed by atoms with E-state index in [1.54, 1.807) is 13.8 Å². The normalized spacial score (nSPS) is 11.6. The number of sulfonamides is 1. The molecule has 1 aromatic rings. The van der Waals surface area contributed by atoms with Crippen molar-refractivity contribution in [2.45, 2.75) is 30.7 Å². The molecule has 0 spiro atoms. The van der Waals surface area contributed by atoms with Crippen LogP contribution in [0, 0.1) is 5.82 Å². The summed E-state index contributed by atoms with van der Waals surface area (Å²) in [4.78, 5) is 11.6. The second kappa shape index (κ2) is 8.42. The number of amides is 1. The second-order valence-corrected chi connectivity index (χ2v) is 7.00. The Bertz CT molecular complexity index is 591. The fourth-order valence-electron chi connectivity index (χ4n) is 1.49. The van der Waals surface area contributed by atoms with E-state index >= 15 is 0 Å². The number of carbonyl (C=O) groups is 1. The van der Waals surface area contributed by atoms with Gasteiger partial charge < -0.3 is 11.1 Å². The van der Waals surface area contributed by atoms with Crippen LogP contribution in [0.4, 0.5) is 4.39 Å². The molecule has 0 aromatic heterocycles. The Kier molecular flexibility index (Phi) is 7.96. The predicted octanol–water partition coefficient (Wildman–Crippen LogP) is 0.769. The minimum absolute atomic E-state index is 0. The van der Waals surface area contributed by atoms with Gasteiger partial charge in [-0.1, -0.05) is 0 Å². The minimum atomic E-state index is -3.74. The van der Waals surface area contributed by atoms with Crippen molar-refractivity contribution in [2.75, 3.05) is 13.1 Å². The van der Waals surface area contributed by atoms with Crippen LogP contribution in [0.5, 0.6) is 0 Å². The van der Waals surface area contributed by atoms with Crippen molar-refractivity contribution in [1.29, 1.82) is 0 Å². The monoisotopic (exact) mass is 353 g/mol. The molecule has 0 aliphatic carbocycles. The highest BCUT2D eigenvalue weighted by molar-refractivity contribution is 7.89. The Morgan fingerprint density at radius 2 is 1.82 bits per heavy atom. The van der Waals surface area contributed by atoms with Crippen LogP contribution >= 0.6 is 12.4 Å². The molecule has 0 aliphatic heterocycles. The molecule has 4 N–H and O–H groups in total. The molecule has 0 saturated carbocycles. The van der Waals surface area contributed by atoms with E-state index in [4.69, 9.17) is 5.73 Å². The highest BCUT2D eigenvalue weighted by atomic mass is 35.5. The Morgan fingerprint density at radius 1 is 1.27 bits per heavy atom. The van der Waals surface area contributed by atoms with Gasteiger partial charge in [-0.25, -0.2) is 17.5 Å². The maximum absolute atomic E-state index is 12.7. The van der Waals surface area contributed by atoms with Gasteiger partial charge >= 0.3 is 0 Å². The third-order valence-corrected chi connectivity index (χ3v) is 4.23. The highest BCUT2D eigenvalue weighted by Crippen LogP contribution is 2.09. The summed E-state index contributed by atoms with van der Waals surface area (Å²) < 4.78 is 38.8. The molecule has 126 valence electrons. The second-order valence-electron chi connectivity index (χ2n) is 5.24. The van der Waals surface area contributed by atoms with Crippen LogP contribution in [0.2, 0.25) is 0 Å². The van der Waals surface area contributed by atoms with Crippen LogP contribution < -0.4 is 15.8 Å². The SMILES string of the molecule is CC(C)(CN)NC(=O)CCNS(=O)(=O)c1ccc(F)cc1.Cl. The van der Waals surface area contributed by atoms with Gasteiger partial charge in [-0.15, -0.1) is 12.4 Å². The molecule has 9 heteroatoms. The van der Waals surface area contributed by atoms with E-state index in [1.165, 1.54) is 0 Å². The molecule has 22 heavy (non-hydrogen) atoms. The van der Waals surface area contributed by atoms with E-state index in [0.29, 0.717) is 0 Å². The zero-order valence-corrected chi connectivity index (χ0v) is 14.1. The fraction of sp³-hybridized carbons (Fsp3) is 0.462. The van der Waals surface area contributed by atoms with Gasteiger partial charge in [0.15, 0.2) is 0 Å². The van der Waals surface area contributed by atoms with Gasteiger partial charge in [-0.05, 0) is 38.1 Å². The molecule has 1 rings (SSSR count). The Hall–Kier alpha value is -1.22. The topological polar surface area (TPSA) is 101 Å². The lowest BCUT2D eigenvalue weighted by Crippen LogP contribution is -2.49. The quantitative estimate of drug-likeness (QED) is 0.673. The number of nitrogens with one attached hydrogen (secondary N) is 2. The van der Waals surface area contributed by atoms with Crippen LogP contribution in [0.25, 0.3) is 0 Å². The largest absolute Gasteiger partial charge is 0.350 e. The summed E-state index contributed by atoms with van der Waals surface area (Å²) in [6.07, 6.45) is -0.0101. The number of nitrogens with two attached hydrogens (primary N) is 1. The average molecular weight is 354 g/mol. The van der Waals surface area contributed by atoms with Crippen molar-refractivity contribution in [1.82, 2.24) is 10.0 Å². The first-order chi connectivity index (χ1) is 9.66. The molecule has 0 radical (unpaired) electrons. The molecule has 1 aromatic carbocycles. The van der Waals surface area contributed by atoms with Crippen molar-refractivity contribution in [3.8, 4) is 0 Å². The van der Waals surface area contributed by atoms with E-state index in [1.807, 2.05) is 0 Å². The van der Waals surface area contributed by atoms with Crippen LogP contribution in [0.3, 0.4) is 0 Å². The summed E-state index contributed by atoms with van der Waals surface area (Å²) in [6, 6.07) is 4.45. The van der Waals surface area contributed by atoms with Crippen LogP contribution in [-0.2, 0) is 14.8 Å². The zero-order valence-electron chi connectivity index (χ0n) is 12.4. The van der Waals surface area contributed by atoms with Gasteiger partial charge in [-0.3, -0.25) is 4.79 Å². The number of hydrogen-bond acceptors (Lipinski definition) is 4. The Balaban J connectivity index is 0.00000441. The summed E-state index contributed by atoms with van der Waals surface area (Å²) in [5, 5.41) is 2.69. The summed E-state index contributed by atoms with van der Waals surface area (Å²) in [5.74, 6) is -0.815. The maximum Gasteiger partial charge on any atom is 0.240 e. The third kappa shape index (κ3) is 6.69. The molecule has 6 nitrogen and oxygen atoms in total. The smallest absolute Gasteiger partial charge is 0.240 e. The van der Waals surface area contributed by atoms with Crippen LogP contribution in [0.15, 0.2) is 29.2 Å². The van der Waals surface area contributed by atoms with Crippen molar-refractivity contribution in [3.63, 3.8) is 0 Å². The number of benzene rings is 1. The maximum atomic E-state index is 12.7. The van der Waals surface area contributed by atoms with E-state index in [2.05, 4.69) is 10.0 Å². The highest BCUT2D eigenvalue weighted by Gasteiger charge is 2.19. The predicted molar refractivity (Wildman–Crippen MR) is 84.7 cm³/mol. The fourth-order valence-corrected chi connectivity index (χ4v) is 2.52. The Morgan fingerprint density at radius 3 is 2.32 bits per heavy atom. The lowest BCUT2D eigenvalue weighted by Gasteiger charge is -2.24. The molecule has 0 heterocycles. The number of hydrogen-bond donors (Lipinski definition) is 3. The lowest BCUT2D eigenvalue weighted by molar-refractivity contribution is -0.122. The van der Waals surface area contributed by atoms with E-state index in [-0.39, 0.29) is 42.7 Å². The third-order valence-electron chi connectivity index (χ3n) is 2.76. The van der Waals surface area contributed by atoms with Crippen molar-refractivity contribution in [2.24, 2.45) is 5.73 Å². The minimum Gasteiger partial charge on any atom is -0.350 e. The first kappa shape index (κ1) is 20.8. The van der Waals surface area contributed by atoms with Crippen molar-refractivity contribution in [3.05, 3.63) is 30.1 Å². The van der Waals surface area contributed by atoms with Crippen LogP contribution in [0.1, 0.15) is 20.3 Å². The number of rotatable bonds is 7. The van der Waals surface area contributed by atoms with Gasteiger partial charge in [0.1, 0.15) is 5.82 Å². The molecule has 0 aliphatic rings. The van der Waals surface area contributed by atoms with Crippen molar-refractivity contribution >= 4 is 28.3 Å². The molecule has 1 amide bonds. The Labute approximate surface area is 136 Å². The van der Waals surface area contributed by atoms with Gasteiger partial charge in [0.05, 0.1) is 4.90 Å². The number of halogens is 2. The van der Waals surface area contributed by atoms with E-state index in [0.717, 1.165) is 24.3 Å². The zero-order chi connectivity index (χ0) is 16.1. The first-order valence-corrected chi connectivity index (χ1v) is 7.91. The van der Waals surface area contributed by atoms with Crippen LogP contribution in [-0.4, -0.2) is 33.0 Å². The van der Waals surface area contributed by atoms with E-state index < -0.39 is 21.4 Å². The van der Waals surface area contributed by atoms with Crippen molar-refractivity contribution < 1.29 is 17.6 Å². The standard InChI is InChI=1S/C13H20FN3O3S.ClH/c1-13(2,9-15)17-12(18)7-8-16-21(19,20)11-5-3-10(14)4-6-11;/h3-6,16H,7-9,15H2,1-2H3,(H,17,18);1H. The summed E-state index contributed by atoms with van der Waals surface area (Å²) in [7, 11) is -3.74. The first-order valence-electron chi connectivity index (χ1n) is 6.42. The van der Waals surface area contributed by atoms with Gasteiger partial charge in [0.25, 0.3) is 0 Å². The average Bonchev–Trinajstić information content (AvgIpc) is 2.38. The molecule has 0 fully saturated rings. The summed E-state index contributed by atoms with van der Waals surface area (Å²) in [6.45, 7) is 3.77. The van der Waals surface area contributed by atoms with Gasteiger partial charge in [0.2, 0.25) is 15.9 Å². The molecular weight excluding hydrogens is 333 g/mol. The van der Waals surface area contributed by atoms with Gasteiger partial charge in [-0.2, -0.15) is 0 Å². The molecule has 0 unspecified atom stereocenters. The summed E-state index contributed by atoms with van der Waals surface area (Å²) in [5.41, 5.74) is 4.95.